The normalized spacial score (nSPS) is 18.6. The number of rotatable bonds is 2. The predicted molar refractivity (Wildman–Crippen MR) is 77.0 cm³/mol. The second-order valence-corrected chi connectivity index (χ2v) is 6.55. The van der Waals surface area contributed by atoms with E-state index >= 15 is 0 Å². The van der Waals surface area contributed by atoms with Crippen molar-refractivity contribution in [3.05, 3.63) is 0 Å². The molecule has 1 fully saturated rings. The molecule has 1 unspecified atom stereocenters. The topological polar surface area (TPSA) is 87.7 Å². The third-order valence-electron chi connectivity index (χ3n) is 3.04. The first-order chi connectivity index (χ1) is 9.60. The summed E-state index contributed by atoms with van der Waals surface area (Å²) in [5.74, 6) is -1.06. The predicted octanol–water partition coefficient (Wildman–Crippen LogP) is 1.05. The van der Waals surface area contributed by atoms with Gasteiger partial charge in [0, 0.05) is 19.0 Å². The molecule has 0 radical (unpaired) electrons. The van der Waals surface area contributed by atoms with E-state index in [-0.39, 0.29) is 23.7 Å². The number of carbonyl (C=O) groups is 3. The first-order valence-electron chi connectivity index (χ1n) is 7.18. The fraction of sp³-hybridized carbons (Fsp3) is 0.786. The Hall–Kier alpha value is -1.79. The van der Waals surface area contributed by atoms with Crippen molar-refractivity contribution in [1.29, 1.82) is 0 Å². The zero-order valence-corrected chi connectivity index (χ0v) is 13.4. The van der Waals surface area contributed by atoms with Crippen molar-refractivity contribution in [3.8, 4) is 0 Å². The van der Waals surface area contributed by atoms with Crippen LogP contribution in [0.25, 0.3) is 0 Å². The van der Waals surface area contributed by atoms with Gasteiger partial charge < -0.3 is 9.64 Å². The van der Waals surface area contributed by atoms with Gasteiger partial charge in [-0.2, -0.15) is 0 Å². The molecule has 0 aromatic rings. The molecule has 7 nitrogen and oxygen atoms in total. The van der Waals surface area contributed by atoms with E-state index in [4.69, 9.17) is 4.74 Å². The molecule has 1 aliphatic heterocycles. The molecule has 21 heavy (non-hydrogen) atoms. The summed E-state index contributed by atoms with van der Waals surface area (Å²) in [5.41, 5.74) is 4.21. The van der Waals surface area contributed by atoms with Crippen LogP contribution in [0.15, 0.2) is 0 Å². The lowest BCUT2D eigenvalue weighted by molar-refractivity contribution is -0.132. The summed E-state index contributed by atoms with van der Waals surface area (Å²) in [6.45, 7) is 9.65. The monoisotopic (exact) mass is 299 g/mol. The van der Waals surface area contributed by atoms with Crippen molar-refractivity contribution in [3.63, 3.8) is 0 Å². The van der Waals surface area contributed by atoms with Gasteiger partial charge in [0.05, 0.1) is 5.92 Å². The van der Waals surface area contributed by atoms with Crippen LogP contribution < -0.4 is 10.9 Å². The average molecular weight is 299 g/mol. The van der Waals surface area contributed by atoms with Gasteiger partial charge >= 0.3 is 6.09 Å². The standard InChI is InChI=1S/C14H25N3O4/c1-9(2)11(18)15-16-12(19)10-6-7-17(8-10)13(20)21-14(3,4)5/h9-10H,6-8H2,1-5H3,(H,15,18)(H,16,19). The molecule has 0 aromatic heterocycles. The van der Waals surface area contributed by atoms with Gasteiger partial charge in [-0.05, 0) is 27.2 Å². The van der Waals surface area contributed by atoms with E-state index in [0.717, 1.165) is 0 Å². The Kier molecular flexibility index (Phi) is 5.57. The number of hydrogen-bond donors (Lipinski definition) is 2. The molecular formula is C14H25N3O4. The number of amides is 3. The minimum Gasteiger partial charge on any atom is -0.444 e. The van der Waals surface area contributed by atoms with Crippen LogP contribution in [-0.2, 0) is 14.3 Å². The molecule has 1 heterocycles. The van der Waals surface area contributed by atoms with E-state index < -0.39 is 11.7 Å². The van der Waals surface area contributed by atoms with Crippen LogP contribution in [0.1, 0.15) is 41.0 Å². The van der Waals surface area contributed by atoms with Crippen LogP contribution in [0.2, 0.25) is 0 Å². The summed E-state index contributed by atoms with van der Waals surface area (Å²) in [5, 5.41) is 0. The van der Waals surface area contributed by atoms with E-state index in [0.29, 0.717) is 19.5 Å². The first-order valence-corrected chi connectivity index (χ1v) is 7.18. The summed E-state index contributed by atoms with van der Waals surface area (Å²) in [4.78, 5) is 36.7. The largest absolute Gasteiger partial charge is 0.444 e. The van der Waals surface area contributed by atoms with Gasteiger partial charge in [-0.1, -0.05) is 13.8 Å². The minimum absolute atomic E-state index is 0.202. The summed E-state index contributed by atoms with van der Waals surface area (Å²) in [7, 11) is 0. The SMILES string of the molecule is CC(C)C(=O)NNC(=O)C1CCN(C(=O)OC(C)(C)C)C1. The Bertz CT molecular complexity index is 415. The number of carbonyl (C=O) groups excluding carboxylic acids is 3. The maximum Gasteiger partial charge on any atom is 0.410 e. The molecule has 0 spiro atoms. The molecule has 3 amide bonds. The number of nitrogens with one attached hydrogen (secondary N) is 2. The molecule has 0 saturated carbocycles. The second kappa shape index (κ2) is 6.78. The summed E-state index contributed by atoms with van der Waals surface area (Å²) in [6, 6.07) is 0. The molecule has 1 saturated heterocycles. The molecule has 0 aromatic carbocycles. The lowest BCUT2D eigenvalue weighted by Crippen LogP contribution is -2.46. The zero-order chi connectivity index (χ0) is 16.2. The van der Waals surface area contributed by atoms with Crippen LogP contribution in [0.3, 0.4) is 0 Å². The van der Waals surface area contributed by atoms with Crippen LogP contribution in [0.4, 0.5) is 4.79 Å². The Labute approximate surface area is 125 Å². The average Bonchev–Trinajstić information content (AvgIpc) is 2.82. The first kappa shape index (κ1) is 17.3. The van der Waals surface area contributed by atoms with Gasteiger partial charge in [-0.15, -0.1) is 0 Å². The highest BCUT2D eigenvalue weighted by atomic mass is 16.6. The fourth-order valence-electron chi connectivity index (χ4n) is 1.84. The Balaban J connectivity index is 2.42. The molecule has 2 N–H and O–H groups in total. The number of likely N-dealkylation sites (tertiary alicyclic amines) is 1. The summed E-state index contributed by atoms with van der Waals surface area (Å²) < 4.78 is 5.26. The summed E-state index contributed by atoms with van der Waals surface area (Å²) >= 11 is 0. The van der Waals surface area contributed by atoms with Crippen molar-refractivity contribution in [1.82, 2.24) is 15.8 Å². The van der Waals surface area contributed by atoms with Crippen molar-refractivity contribution < 1.29 is 19.1 Å². The Morgan fingerprint density at radius 1 is 1.19 bits per heavy atom. The molecule has 0 bridgehead atoms. The maximum atomic E-state index is 11.9. The lowest BCUT2D eigenvalue weighted by Gasteiger charge is -2.24. The van der Waals surface area contributed by atoms with Gasteiger partial charge in [0.25, 0.3) is 0 Å². The zero-order valence-electron chi connectivity index (χ0n) is 13.4. The summed E-state index contributed by atoms with van der Waals surface area (Å²) in [6.07, 6.45) is 0.145. The molecule has 1 aliphatic rings. The van der Waals surface area contributed by atoms with E-state index in [9.17, 15) is 14.4 Å². The Morgan fingerprint density at radius 3 is 2.33 bits per heavy atom. The highest BCUT2D eigenvalue weighted by molar-refractivity contribution is 5.84. The lowest BCUT2D eigenvalue weighted by atomic mass is 10.1. The van der Waals surface area contributed by atoms with Gasteiger partial charge in [-0.25, -0.2) is 4.79 Å². The Morgan fingerprint density at radius 2 is 1.81 bits per heavy atom. The van der Waals surface area contributed by atoms with Gasteiger partial charge in [0.1, 0.15) is 5.60 Å². The third-order valence-corrected chi connectivity index (χ3v) is 3.04. The van der Waals surface area contributed by atoms with Gasteiger partial charge in [-0.3, -0.25) is 20.4 Å². The van der Waals surface area contributed by atoms with Crippen molar-refractivity contribution in [2.45, 2.75) is 46.6 Å². The van der Waals surface area contributed by atoms with E-state index in [1.165, 1.54) is 4.90 Å². The minimum atomic E-state index is -0.553. The quantitative estimate of drug-likeness (QED) is 0.746. The molecule has 1 atom stereocenters. The number of hydrogen-bond acceptors (Lipinski definition) is 4. The van der Waals surface area contributed by atoms with Crippen molar-refractivity contribution >= 4 is 17.9 Å². The molecule has 1 rings (SSSR count). The van der Waals surface area contributed by atoms with E-state index in [1.54, 1.807) is 34.6 Å². The van der Waals surface area contributed by atoms with E-state index in [2.05, 4.69) is 10.9 Å². The van der Waals surface area contributed by atoms with Crippen LogP contribution in [-0.4, -0.2) is 41.5 Å². The molecule has 0 aliphatic carbocycles. The highest BCUT2D eigenvalue weighted by Gasteiger charge is 2.33. The van der Waals surface area contributed by atoms with E-state index in [1.807, 2.05) is 0 Å². The van der Waals surface area contributed by atoms with Gasteiger partial charge in [0.15, 0.2) is 0 Å². The highest BCUT2D eigenvalue weighted by Crippen LogP contribution is 2.19. The molecule has 7 heteroatoms. The number of ether oxygens (including phenoxy) is 1. The molecule has 120 valence electrons. The van der Waals surface area contributed by atoms with Crippen LogP contribution in [0.5, 0.6) is 0 Å². The maximum absolute atomic E-state index is 11.9. The van der Waals surface area contributed by atoms with Crippen molar-refractivity contribution in [2.75, 3.05) is 13.1 Å². The van der Waals surface area contributed by atoms with Gasteiger partial charge in [0.2, 0.25) is 11.8 Å². The number of hydrazine groups is 1. The smallest absolute Gasteiger partial charge is 0.410 e. The van der Waals surface area contributed by atoms with Crippen LogP contribution in [0, 0.1) is 11.8 Å². The number of nitrogens with zero attached hydrogens (tertiary/aromatic N) is 1. The molecular weight excluding hydrogens is 274 g/mol. The third kappa shape index (κ3) is 5.61. The van der Waals surface area contributed by atoms with Crippen molar-refractivity contribution in [2.24, 2.45) is 11.8 Å². The van der Waals surface area contributed by atoms with Crippen LogP contribution >= 0.6 is 0 Å². The second-order valence-electron chi connectivity index (χ2n) is 6.55. The fourth-order valence-corrected chi connectivity index (χ4v) is 1.84.